The van der Waals surface area contributed by atoms with Gasteiger partial charge in [0.2, 0.25) is 5.13 Å². The van der Waals surface area contributed by atoms with Gasteiger partial charge in [-0.2, -0.15) is 0 Å². The van der Waals surface area contributed by atoms with E-state index in [4.69, 9.17) is 0 Å². The van der Waals surface area contributed by atoms with Crippen LogP contribution in [0.2, 0.25) is 0 Å². The number of likely N-dealkylation sites (tertiary alicyclic amines) is 1. The number of rotatable bonds is 3. The molecule has 2 amide bonds. The number of urea groups is 1. The molecule has 7 heteroatoms. The standard InChI is InChI=1S/C17H15N5OS/c23-17(22-11-9-14(22)12-6-2-1-3-7-12)19-16-21-20-15(24-16)13-8-4-5-10-18-13/h1-8,10,14H,9,11H2,(H,19,21,23). The van der Waals surface area contributed by atoms with Crippen LogP contribution in [0.3, 0.4) is 0 Å². The second kappa shape index (κ2) is 6.37. The van der Waals surface area contributed by atoms with E-state index in [2.05, 4.69) is 20.5 Å². The van der Waals surface area contributed by atoms with E-state index in [0.717, 1.165) is 24.2 Å². The zero-order chi connectivity index (χ0) is 16.4. The summed E-state index contributed by atoms with van der Waals surface area (Å²) in [6.07, 6.45) is 2.69. The van der Waals surface area contributed by atoms with Gasteiger partial charge in [-0.1, -0.05) is 47.7 Å². The molecule has 1 saturated heterocycles. The van der Waals surface area contributed by atoms with Crippen LogP contribution in [-0.2, 0) is 0 Å². The first-order valence-corrected chi connectivity index (χ1v) is 8.50. The van der Waals surface area contributed by atoms with Crippen LogP contribution in [0.25, 0.3) is 10.7 Å². The summed E-state index contributed by atoms with van der Waals surface area (Å²) in [7, 11) is 0. The van der Waals surface area contributed by atoms with Crippen LogP contribution < -0.4 is 5.32 Å². The molecule has 0 saturated carbocycles. The number of hydrogen-bond donors (Lipinski definition) is 1. The summed E-state index contributed by atoms with van der Waals surface area (Å²) in [6.45, 7) is 0.747. The average molecular weight is 337 g/mol. The molecule has 1 fully saturated rings. The normalized spacial score (nSPS) is 16.5. The van der Waals surface area contributed by atoms with Crippen LogP contribution >= 0.6 is 11.3 Å². The Labute approximate surface area is 143 Å². The Morgan fingerprint density at radius 3 is 2.67 bits per heavy atom. The minimum atomic E-state index is -0.140. The first-order valence-electron chi connectivity index (χ1n) is 7.69. The van der Waals surface area contributed by atoms with E-state index in [0.29, 0.717) is 10.1 Å². The summed E-state index contributed by atoms with van der Waals surface area (Å²) in [5, 5.41) is 12.1. The third-order valence-electron chi connectivity index (χ3n) is 3.99. The molecular formula is C17H15N5OS. The van der Waals surface area contributed by atoms with E-state index in [9.17, 15) is 4.79 Å². The summed E-state index contributed by atoms with van der Waals surface area (Å²) in [4.78, 5) is 18.5. The highest BCUT2D eigenvalue weighted by Gasteiger charge is 2.33. The maximum absolute atomic E-state index is 12.5. The molecule has 0 radical (unpaired) electrons. The fourth-order valence-electron chi connectivity index (χ4n) is 2.68. The molecule has 1 N–H and O–H groups in total. The number of nitrogens with one attached hydrogen (secondary N) is 1. The molecule has 0 aliphatic carbocycles. The van der Waals surface area contributed by atoms with Crippen LogP contribution in [0.15, 0.2) is 54.7 Å². The Hall–Kier alpha value is -2.80. The number of amides is 2. The van der Waals surface area contributed by atoms with Crippen molar-refractivity contribution in [3.05, 3.63) is 60.3 Å². The fourth-order valence-corrected chi connectivity index (χ4v) is 3.39. The number of aromatic nitrogens is 3. The van der Waals surface area contributed by atoms with Crippen LogP contribution in [0.5, 0.6) is 0 Å². The minimum Gasteiger partial charge on any atom is -0.317 e. The molecule has 1 unspecified atom stereocenters. The van der Waals surface area contributed by atoms with Crippen molar-refractivity contribution in [2.75, 3.05) is 11.9 Å². The number of hydrogen-bond acceptors (Lipinski definition) is 5. The number of anilines is 1. The lowest BCUT2D eigenvalue weighted by Crippen LogP contribution is -2.47. The zero-order valence-corrected chi connectivity index (χ0v) is 13.6. The average Bonchev–Trinajstić information content (AvgIpc) is 3.04. The molecule has 1 aliphatic rings. The first-order chi connectivity index (χ1) is 11.8. The molecule has 1 aromatic carbocycles. The Morgan fingerprint density at radius 2 is 1.96 bits per heavy atom. The monoisotopic (exact) mass is 337 g/mol. The lowest BCUT2D eigenvalue weighted by Gasteiger charge is -2.40. The van der Waals surface area contributed by atoms with Crippen molar-refractivity contribution >= 4 is 22.5 Å². The number of pyridine rings is 1. The van der Waals surface area contributed by atoms with Gasteiger partial charge < -0.3 is 4.90 Å². The Morgan fingerprint density at radius 1 is 1.12 bits per heavy atom. The fraction of sp³-hybridized carbons (Fsp3) is 0.176. The van der Waals surface area contributed by atoms with Crippen LogP contribution in [-0.4, -0.2) is 32.7 Å². The third kappa shape index (κ3) is 2.85. The van der Waals surface area contributed by atoms with Gasteiger partial charge in [0.15, 0.2) is 5.01 Å². The highest BCUT2D eigenvalue weighted by Crippen LogP contribution is 2.34. The lowest BCUT2D eigenvalue weighted by molar-refractivity contribution is 0.126. The smallest absolute Gasteiger partial charge is 0.317 e. The van der Waals surface area contributed by atoms with Crippen molar-refractivity contribution in [2.45, 2.75) is 12.5 Å². The summed E-state index contributed by atoms with van der Waals surface area (Å²) < 4.78 is 0. The molecule has 3 heterocycles. The van der Waals surface area contributed by atoms with Crippen molar-refractivity contribution in [2.24, 2.45) is 0 Å². The summed E-state index contributed by atoms with van der Waals surface area (Å²) >= 11 is 1.32. The maximum atomic E-state index is 12.5. The van der Waals surface area contributed by atoms with E-state index in [-0.39, 0.29) is 12.1 Å². The van der Waals surface area contributed by atoms with Crippen LogP contribution in [0.1, 0.15) is 18.0 Å². The largest absolute Gasteiger partial charge is 0.324 e. The van der Waals surface area contributed by atoms with E-state index in [1.807, 2.05) is 53.4 Å². The van der Waals surface area contributed by atoms with Gasteiger partial charge in [0.05, 0.1) is 6.04 Å². The molecule has 120 valence electrons. The quantitative estimate of drug-likeness (QED) is 0.793. The molecule has 1 atom stereocenters. The second-order valence-corrected chi connectivity index (χ2v) is 6.44. The summed E-state index contributed by atoms with van der Waals surface area (Å²) in [6, 6.07) is 15.7. The van der Waals surface area contributed by atoms with E-state index < -0.39 is 0 Å². The van der Waals surface area contributed by atoms with Crippen molar-refractivity contribution < 1.29 is 4.79 Å². The molecule has 0 spiro atoms. The zero-order valence-electron chi connectivity index (χ0n) is 12.8. The van der Waals surface area contributed by atoms with E-state index in [1.165, 1.54) is 11.3 Å². The predicted molar refractivity (Wildman–Crippen MR) is 92.7 cm³/mol. The molecule has 2 aromatic heterocycles. The second-order valence-electron chi connectivity index (χ2n) is 5.47. The third-order valence-corrected chi connectivity index (χ3v) is 4.85. The van der Waals surface area contributed by atoms with Gasteiger partial charge in [-0.25, -0.2) is 4.79 Å². The van der Waals surface area contributed by atoms with Gasteiger partial charge in [0.25, 0.3) is 0 Å². The first kappa shape index (κ1) is 14.8. The Kier molecular flexibility index (Phi) is 3.92. The Bertz CT molecular complexity index is 836. The number of nitrogens with zero attached hydrogens (tertiary/aromatic N) is 4. The number of carbonyl (C=O) groups excluding carboxylic acids is 1. The van der Waals surface area contributed by atoms with Gasteiger partial charge in [-0.3, -0.25) is 10.3 Å². The van der Waals surface area contributed by atoms with Gasteiger partial charge in [0, 0.05) is 12.7 Å². The minimum absolute atomic E-state index is 0.134. The number of benzene rings is 1. The van der Waals surface area contributed by atoms with E-state index in [1.54, 1.807) is 6.20 Å². The van der Waals surface area contributed by atoms with Crippen molar-refractivity contribution in [1.29, 1.82) is 0 Å². The van der Waals surface area contributed by atoms with Crippen molar-refractivity contribution in [3.8, 4) is 10.7 Å². The van der Waals surface area contributed by atoms with Crippen molar-refractivity contribution in [3.63, 3.8) is 0 Å². The molecule has 0 bridgehead atoms. The van der Waals surface area contributed by atoms with Gasteiger partial charge in [0.1, 0.15) is 5.69 Å². The van der Waals surface area contributed by atoms with Crippen molar-refractivity contribution in [1.82, 2.24) is 20.1 Å². The molecule has 24 heavy (non-hydrogen) atoms. The highest BCUT2D eigenvalue weighted by atomic mass is 32.1. The van der Waals surface area contributed by atoms with E-state index >= 15 is 0 Å². The molecule has 6 nitrogen and oxygen atoms in total. The molecule has 4 rings (SSSR count). The Balaban J connectivity index is 1.44. The molecule has 3 aromatic rings. The van der Waals surface area contributed by atoms with Gasteiger partial charge in [-0.15, -0.1) is 10.2 Å². The molecular weight excluding hydrogens is 322 g/mol. The summed E-state index contributed by atoms with van der Waals surface area (Å²) in [5.41, 5.74) is 1.91. The van der Waals surface area contributed by atoms with Crippen LogP contribution in [0.4, 0.5) is 9.93 Å². The van der Waals surface area contributed by atoms with Gasteiger partial charge in [-0.05, 0) is 24.1 Å². The summed E-state index contributed by atoms with van der Waals surface area (Å²) in [5.74, 6) is 0. The SMILES string of the molecule is O=C(Nc1nnc(-c2ccccn2)s1)N1CCC1c1ccccc1. The topological polar surface area (TPSA) is 71.0 Å². The number of carbonyl (C=O) groups is 1. The lowest BCUT2D eigenvalue weighted by atomic mass is 9.95. The van der Waals surface area contributed by atoms with Crippen LogP contribution in [0, 0.1) is 0 Å². The highest BCUT2D eigenvalue weighted by molar-refractivity contribution is 7.18. The molecule has 1 aliphatic heterocycles. The van der Waals surface area contributed by atoms with Gasteiger partial charge >= 0.3 is 6.03 Å². The predicted octanol–water partition coefficient (Wildman–Crippen LogP) is 3.58. The maximum Gasteiger partial charge on any atom is 0.324 e.